The van der Waals surface area contributed by atoms with Crippen LogP contribution in [0.5, 0.6) is 0 Å². The second kappa shape index (κ2) is 7.89. The number of amides is 1. The standard InChI is InChI=1S/C13H16Br2FNO/c1-2-3-7-17(8-6-14)13(18)11-5-4-10(16)9-12(11)15/h4-5,9H,2-3,6-8H2,1H3. The average Bonchev–Trinajstić information content (AvgIpc) is 2.33. The predicted molar refractivity (Wildman–Crippen MR) is 78.7 cm³/mol. The van der Waals surface area contributed by atoms with Crippen molar-refractivity contribution >= 4 is 37.8 Å². The number of alkyl halides is 1. The van der Waals surface area contributed by atoms with Crippen molar-refractivity contribution in [1.82, 2.24) is 4.90 Å². The maximum Gasteiger partial charge on any atom is 0.255 e. The van der Waals surface area contributed by atoms with E-state index in [-0.39, 0.29) is 11.7 Å². The highest BCUT2D eigenvalue weighted by Crippen LogP contribution is 2.20. The molecule has 5 heteroatoms. The molecule has 1 amide bonds. The van der Waals surface area contributed by atoms with Crippen LogP contribution in [0.3, 0.4) is 0 Å². The van der Waals surface area contributed by atoms with Crippen molar-refractivity contribution in [3.8, 4) is 0 Å². The lowest BCUT2D eigenvalue weighted by atomic mass is 10.2. The van der Waals surface area contributed by atoms with Gasteiger partial charge in [-0.25, -0.2) is 4.39 Å². The largest absolute Gasteiger partial charge is 0.338 e. The van der Waals surface area contributed by atoms with E-state index in [9.17, 15) is 9.18 Å². The fourth-order valence-corrected chi connectivity index (χ4v) is 2.55. The quantitative estimate of drug-likeness (QED) is 0.676. The smallest absolute Gasteiger partial charge is 0.255 e. The number of hydrogen-bond donors (Lipinski definition) is 0. The van der Waals surface area contributed by atoms with Crippen LogP contribution in [0, 0.1) is 5.82 Å². The summed E-state index contributed by atoms with van der Waals surface area (Å²) in [4.78, 5) is 14.1. The highest BCUT2D eigenvalue weighted by Gasteiger charge is 2.17. The van der Waals surface area contributed by atoms with E-state index < -0.39 is 0 Å². The lowest BCUT2D eigenvalue weighted by Crippen LogP contribution is -2.33. The number of halogens is 3. The zero-order valence-corrected chi connectivity index (χ0v) is 13.4. The van der Waals surface area contributed by atoms with Gasteiger partial charge in [0.1, 0.15) is 5.82 Å². The van der Waals surface area contributed by atoms with Crippen LogP contribution in [-0.2, 0) is 0 Å². The second-order valence-corrected chi connectivity index (χ2v) is 5.61. The molecule has 0 saturated heterocycles. The highest BCUT2D eigenvalue weighted by molar-refractivity contribution is 9.10. The average molecular weight is 381 g/mol. The Morgan fingerprint density at radius 3 is 2.67 bits per heavy atom. The molecule has 0 aliphatic rings. The Kier molecular flexibility index (Phi) is 6.86. The van der Waals surface area contributed by atoms with Crippen LogP contribution in [0.2, 0.25) is 0 Å². The van der Waals surface area contributed by atoms with Crippen molar-refractivity contribution < 1.29 is 9.18 Å². The van der Waals surface area contributed by atoms with E-state index in [0.29, 0.717) is 16.6 Å². The predicted octanol–water partition coefficient (Wildman–Crippen LogP) is 4.23. The third kappa shape index (κ3) is 4.35. The monoisotopic (exact) mass is 379 g/mol. The van der Waals surface area contributed by atoms with Crippen LogP contribution in [0.4, 0.5) is 4.39 Å². The summed E-state index contributed by atoms with van der Waals surface area (Å²) in [6.07, 6.45) is 2.01. The summed E-state index contributed by atoms with van der Waals surface area (Å²) in [5.74, 6) is -0.409. The van der Waals surface area contributed by atoms with E-state index in [2.05, 4.69) is 38.8 Å². The summed E-state index contributed by atoms with van der Waals surface area (Å²) < 4.78 is 13.5. The SMILES string of the molecule is CCCCN(CCBr)C(=O)c1ccc(F)cc1Br. The Morgan fingerprint density at radius 2 is 2.11 bits per heavy atom. The van der Waals surface area contributed by atoms with Crippen LogP contribution in [0.15, 0.2) is 22.7 Å². The molecule has 0 bridgehead atoms. The lowest BCUT2D eigenvalue weighted by Gasteiger charge is -2.22. The summed E-state index contributed by atoms with van der Waals surface area (Å²) >= 11 is 6.58. The maximum absolute atomic E-state index is 13.0. The molecule has 1 aromatic carbocycles. The van der Waals surface area contributed by atoms with Crippen LogP contribution >= 0.6 is 31.9 Å². The highest BCUT2D eigenvalue weighted by atomic mass is 79.9. The molecular weight excluding hydrogens is 365 g/mol. The Bertz CT molecular complexity index is 412. The summed E-state index contributed by atoms with van der Waals surface area (Å²) in [5, 5.41) is 0.737. The molecule has 18 heavy (non-hydrogen) atoms. The molecule has 0 aromatic heterocycles. The maximum atomic E-state index is 13.0. The number of unbranched alkanes of at least 4 members (excludes halogenated alkanes) is 1. The van der Waals surface area contributed by atoms with Crippen LogP contribution in [-0.4, -0.2) is 29.2 Å². The lowest BCUT2D eigenvalue weighted by molar-refractivity contribution is 0.0763. The molecule has 1 rings (SSSR count). The minimum atomic E-state index is -0.348. The first-order valence-corrected chi connectivity index (χ1v) is 7.82. The molecule has 100 valence electrons. The van der Waals surface area contributed by atoms with E-state index in [0.717, 1.165) is 24.7 Å². The fraction of sp³-hybridized carbons (Fsp3) is 0.462. The molecule has 0 spiro atoms. The first kappa shape index (κ1) is 15.6. The van der Waals surface area contributed by atoms with Gasteiger partial charge in [-0.15, -0.1) is 0 Å². The first-order valence-electron chi connectivity index (χ1n) is 5.90. The molecule has 2 nitrogen and oxygen atoms in total. The van der Waals surface area contributed by atoms with E-state index in [4.69, 9.17) is 0 Å². The van der Waals surface area contributed by atoms with Crippen molar-refractivity contribution in [3.63, 3.8) is 0 Å². The van der Waals surface area contributed by atoms with Gasteiger partial charge in [-0.05, 0) is 40.5 Å². The molecule has 0 unspecified atom stereocenters. The number of hydrogen-bond acceptors (Lipinski definition) is 1. The van der Waals surface area contributed by atoms with Gasteiger partial charge < -0.3 is 4.90 Å². The van der Waals surface area contributed by atoms with Gasteiger partial charge in [0, 0.05) is 22.9 Å². The number of carbonyl (C=O) groups excluding carboxylic acids is 1. The van der Waals surface area contributed by atoms with Crippen LogP contribution in [0.25, 0.3) is 0 Å². The molecule has 0 aliphatic carbocycles. The summed E-state index contributed by atoms with van der Waals surface area (Å²) in [7, 11) is 0. The third-order valence-electron chi connectivity index (χ3n) is 2.58. The van der Waals surface area contributed by atoms with Crippen LogP contribution < -0.4 is 0 Å². The molecule has 0 N–H and O–H groups in total. The van der Waals surface area contributed by atoms with Gasteiger partial charge in [0.15, 0.2) is 0 Å². The van der Waals surface area contributed by atoms with Crippen molar-refractivity contribution in [2.45, 2.75) is 19.8 Å². The van der Waals surface area contributed by atoms with Crippen molar-refractivity contribution in [2.24, 2.45) is 0 Å². The molecule has 0 aliphatic heterocycles. The second-order valence-electron chi connectivity index (χ2n) is 3.96. The fourth-order valence-electron chi connectivity index (χ4n) is 1.60. The summed E-state index contributed by atoms with van der Waals surface area (Å²) in [6, 6.07) is 4.15. The van der Waals surface area contributed by atoms with E-state index in [1.807, 2.05) is 0 Å². The minimum absolute atomic E-state index is 0.0604. The number of rotatable bonds is 6. The molecular formula is C13H16Br2FNO. The van der Waals surface area contributed by atoms with Gasteiger partial charge in [0.2, 0.25) is 0 Å². The summed E-state index contributed by atoms with van der Waals surface area (Å²) in [6.45, 7) is 3.47. The number of carbonyl (C=O) groups is 1. The van der Waals surface area contributed by atoms with E-state index in [1.165, 1.54) is 18.2 Å². The number of benzene rings is 1. The topological polar surface area (TPSA) is 20.3 Å². The van der Waals surface area contributed by atoms with Gasteiger partial charge in [-0.2, -0.15) is 0 Å². The Morgan fingerprint density at radius 1 is 1.39 bits per heavy atom. The zero-order chi connectivity index (χ0) is 13.5. The Hall–Kier alpha value is -0.420. The van der Waals surface area contributed by atoms with Crippen molar-refractivity contribution in [3.05, 3.63) is 34.1 Å². The Balaban J connectivity index is 2.87. The third-order valence-corrected chi connectivity index (χ3v) is 3.60. The van der Waals surface area contributed by atoms with Crippen molar-refractivity contribution in [2.75, 3.05) is 18.4 Å². The first-order chi connectivity index (χ1) is 8.60. The van der Waals surface area contributed by atoms with Gasteiger partial charge in [-0.3, -0.25) is 4.79 Å². The molecule has 1 aromatic rings. The zero-order valence-electron chi connectivity index (χ0n) is 10.3. The normalized spacial score (nSPS) is 10.4. The molecule has 0 radical (unpaired) electrons. The number of nitrogens with zero attached hydrogens (tertiary/aromatic N) is 1. The molecule has 0 atom stereocenters. The molecule has 0 fully saturated rings. The van der Waals surface area contributed by atoms with Gasteiger partial charge in [0.05, 0.1) is 5.56 Å². The van der Waals surface area contributed by atoms with Crippen molar-refractivity contribution in [1.29, 1.82) is 0 Å². The minimum Gasteiger partial charge on any atom is -0.338 e. The van der Waals surface area contributed by atoms with Gasteiger partial charge in [0.25, 0.3) is 5.91 Å². The molecule has 0 saturated carbocycles. The Labute approximate surface area is 124 Å². The van der Waals surface area contributed by atoms with E-state index >= 15 is 0 Å². The van der Waals surface area contributed by atoms with Crippen LogP contribution in [0.1, 0.15) is 30.1 Å². The summed E-state index contributed by atoms with van der Waals surface area (Å²) in [5.41, 5.74) is 0.508. The van der Waals surface area contributed by atoms with E-state index in [1.54, 1.807) is 4.90 Å². The van der Waals surface area contributed by atoms with Gasteiger partial charge >= 0.3 is 0 Å². The molecule has 0 heterocycles. The van der Waals surface area contributed by atoms with Gasteiger partial charge in [-0.1, -0.05) is 29.3 Å².